The third-order valence-electron chi connectivity index (χ3n) is 4.54. The molecule has 2 aliphatic heterocycles. The first-order valence-electron chi connectivity index (χ1n) is 7.93. The first kappa shape index (κ1) is 15.2. The molecule has 3 heterocycles. The Kier molecular flexibility index (Phi) is 4.16. The van der Waals surface area contributed by atoms with E-state index in [1.807, 2.05) is 24.0 Å². The van der Waals surface area contributed by atoms with E-state index < -0.39 is 0 Å². The first-order chi connectivity index (χ1) is 11.3. The molecule has 0 amide bonds. The molecule has 0 spiro atoms. The zero-order chi connectivity index (χ0) is 15.8. The van der Waals surface area contributed by atoms with Gasteiger partial charge in [0.15, 0.2) is 5.17 Å². The smallest absolute Gasteiger partial charge is 0.160 e. The number of nitrogens with zero attached hydrogens (tertiary/aromatic N) is 3. The van der Waals surface area contributed by atoms with E-state index in [0.29, 0.717) is 6.04 Å². The lowest BCUT2D eigenvalue weighted by atomic mass is 9.95. The number of fused-ring (bicyclic) bond motifs is 1. The molecule has 4 rings (SSSR count). The van der Waals surface area contributed by atoms with Crippen LogP contribution in [0.25, 0.3) is 0 Å². The predicted molar refractivity (Wildman–Crippen MR) is 99.7 cm³/mol. The Bertz CT molecular complexity index is 717. The van der Waals surface area contributed by atoms with Crippen LogP contribution < -0.4 is 0 Å². The van der Waals surface area contributed by atoms with E-state index in [9.17, 15) is 0 Å². The third-order valence-corrected chi connectivity index (χ3v) is 6.20. The maximum atomic E-state index is 5.03. The molecule has 0 aliphatic carbocycles. The van der Waals surface area contributed by atoms with Gasteiger partial charge in [0.05, 0.1) is 11.7 Å². The molecule has 2 aliphatic rings. The van der Waals surface area contributed by atoms with Gasteiger partial charge in [-0.2, -0.15) is 0 Å². The molecule has 3 nitrogen and oxygen atoms in total. The molecule has 23 heavy (non-hydrogen) atoms. The molecule has 0 N–H and O–H groups in total. The fourth-order valence-corrected chi connectivity index (χ4v) is 4.97. The van der Waals surface area contributed by atoms with Crippen molar-refractivity contribution < 1.29 is 0 Å². The summed E-state index contributed by atoms with van der Waals surface area (Å²) < 4.78 is 1.11. The predicted octanol–water partition coefficient (Wildman–Crippen LogP) is 4.82. The Balaban J connectivity index is 1.78. The molecule has 0 saturated carbocycles. The number of rotatable bonds is 3. The summed E-state index contributed by atoms with van der Waals surface area (Å²) in [6.45, 7) is 2.26. The number of aliphatic imine (C=N–C) groups is 1. The largest absolute Gasteiger partial charge is 0.338 e. The van der Waals surface area contributed by atoms with Gasteiger partial charge in [-0.3, -0.25) is 9.98 Å². The Labute approximate surface area is 149 Å². The van der Waals surface area contributed by atoms with Crippen molar-refractivity contribution in [2.75, 3.05) is 5.75 Å². The molecule has 1 aromatic heterocycles. The van der Waals surface area contributed by atoms with Crippen molar-refractivity contribution in [3.63, 3.8) is 0 Å². The quantitative estimate of drug-likeness (QED) is 0.755. The number of halogens is 1. The van der Waals surface area contributed by atoms with Crippen LogP contribution in [0, 0.1) is 0 Å². The monoisotopic (exact) mass is 387 g/mol. The minimum Gasteiger partial charge on any atom is -0.338 e. The van der Waals surface area contributed by atoms with E-state index in [4.69, 9.17) is 4.99 Å². The Morgan fingerprint density at radius 1 is 1.22 bits per heavy atom. The fraction of sp³-hybridized carbons (Fsp3) is 0.333. The molecule has 2 aromatic rings. The molecule has 0 radical (unpaired) electrons. The van der Waals surface area contributed by atoms with Crippen LogP contribution in [0.15, 0.2) is 58.1 Å². The van der Waals surface area contributed by atoms with E-state index in [1.54, 1.807) is 0 Å². The maximum Gasteiger partial charge on any atom is 0.160 e. The SMILES string of the molecule is CC[C@H]1CSC2=N[C@@H](c3ccccn3)[C@@H](c3ccc(Br)cc3)N21. The van der Waals surface area contributed by atoms with Gasteiger partial charge in [-0.05, 0) is 36.2 Å². The van der Waals surface area contributed by atoms with Crippen molar-refractivity contribution in [1.82, 2.24) is 9.88 Å². The third kappa shape index (κ3) is 2.70. The van der Waals surface area contributed by atoms with Gasteiger partial charge in [0.1, 0.15) is 6.04 Å². The zero-order valence-corrected chi connectivity index (χ0v) is 15.3. The summed E-state index contributed by atoms with van der Waals surface area (Å²) in [5.74, 6) is 1.14. The van der Waals surface area contributed by atoms with E-state index in [0.717, 1.165) is 22.3 Å². The first-order valence-corrected chi connectivity index (χ1v) is 9.71. The minimum atomic E-state index is 0.0780. The number of benzene rings is 1. The highest BCUT2D eigenvalue weighted by Crippen LogP contribution is 2.48. The lowest BCUT2D eigenvalue weighted by Gasteiger charge is -2.31. The summed E-state index contributed by atoms with van der Waals surface area (Å²) in [4.78, 5) is 12.1. The maximum absolute atomic E-state index is 5.03. The molecule has 118 valence electrons. The summed E-state index contributed by atoms with van der Waals surface area (Å²) in [7, 11) is 0. The van der Waals surface area contributed by atoms with Crippen molar-refractivity contribution in [2.45, 2.75) is 31.5 Å². The topological polar surface area (TPSA) is 28.5 Å². The second-order valence-corrected chi connectivity index (χ2v) is 7.79. The van der Waals surface area contributed by atoms with Crippen LogP contribution in [0.1, 0.15) is 36.7 Å². The Morgan fingerprint density at radius 3 is 2.74 bits per heavy atom. The van der Waals surface area contributed by atoms with Gasteiger partial charge in [0, 0.05) is 22.5 Å². The second-order valence-electron chi connectivity index (χ2n) is 5.89. The molecular weight excluding hydrogens is 370 g/mol. The van der Waals surface area contributed by atoms with Crippen molar-refractivity contribution in [1.29, 1.82) is 0 Å². The van der Waals surface area contributed by atoms with Gasteiger partial charge in [-0.15, -0.1) is 0 Å². The number of pyridine rings is 1. The van der Waals surface area contributed by atoms with Crippen LogP contribution in [0.3, 0.4) is 0 Å². The lowest BCUT2D eigenvalue weighted by molar-refractivity contribution is 0.255. The fourth-order valence-electron chi connectivity index (χ4n) is 3.37. The average molecular weight is 388 g/mol. The van der Waals surface area contributed by atoms with Gasteiger partial charge < -0.3 is 4.90 Å². The summed E-state index contributed by atoms with van der Waals surface area (Å²) in [5, 5.41) is 1.18. The van der Waals surface area contributed by atoms with Crippen molar-refractivity contribution in [3.8, 4) is 0 Å². The number of aromatic nitrogens is 1. The van der Waals surface area contributed by atoms with Crippen molar-refractivity contribution >= 4 is 32.9 Å². The highest BCUT2D eigenvalue weighted by molar-refractivity contribution is 9.10. The molecule has 1 fully saturated rings. The number of thioether (sulfide) groups is 1. The van der Waals surface area contributed by atoms with Crippen LogP contribution in [-0.2, 0) is 0 Å². The summed E-state index contributed by atoms with van der Waals surface area (Å²) in [6.07, 6.45) is 3.01. The molecule has 1 saturated heterocycles. The minimum absolute atomic E-state index is 0.0780. The van der Waals surface area contributed by atoms with Crippen molar-refractivity contribution in [3.05, 3.63) is 64.4 Å². The Hall–Kier alpha value is -1.33. The summed E-state index contributed by atoms with van der Waals surface area (Å²) in [5.41, 5.74) is 2.36. The summed E-state index contributed by atoms with van der Waals surface area (Å²) in [6, 6.07) is 15.6. The summed E-state index contributed by atoms with van der Waals surface area (Å²) >= 11 is 5.42. The highest BCUT2D eigenvalue weighted by atomic mass is 79.9. The van der Waals surface area contributed by atoms with E-state index in [2.05, 4.69) is 69.1 Å². The van der Waals surface area contributed by atoms with Gasteiger partial charge in [-0.1, -0.05) is 52.8 Å². The van der Waals surface area contributed by atoms with E-state index in [1.165, 1.54) is 10.7 Å². The average Bonchev–Trinajstić information content (AvgIpc) is 3.15. The van der Waals surface area contributed by atoms with Gasteiger partial charge >= 0.3 is 0 Å². The van der Waals surface area contributed by atoms with Crippen molar-refractivity contribution in [2.24, 2.45) is 4.99 Å². The molecule has 0 unspecified atom stereocenters. The molecule has 3 atom stereocenters. The van der Waals surface area contributed by atoms with E-state index >= 15 is 0 Å². The molecule has 5 heteroatoms. The number of amidine groups is 1. The molecule has 1 aromatic carbocycles. The Morgan fingerprint density at radius 2 is 2.04 bits per heavy atom. The van der Waals surface area contributed by atoms with Crippen LogP contribution >= 0.6 is 27.7 Å². The van der Waals surface area contributed by atoms with Crippen LogP contribution in [0.5, 0.6) is 0 Å². The highest BCUT2D eigenvalue weighted by Gasteiger charge is 2.45. The molecular formula is C18H18BrN3S. The van der Waals surface area contributed by atoms with Crippen LogP contribution in [0.2, 0.25) is 0 Å². The standard InChI is InChI=1S/C18H18BrN3S/c1-2-14-11-23-18-21-16(15-5-3-4-10-20-15)17(22(14)18)12-6-8-13(19)9-7-12/h3-10,14,16-17H,2,11H2,1H3/t14-,16-,17+/m0/s1. The van der Waals surface area contributed by atoms with Gasteiger partial charge in [-0.25, -0.2) is 0 Å². The zero-order valence-electron chi connectivity index (χ0n) is 12.9. The number of hydrogen-bond acceptors (Lipinski definition) is 4. The second kappa shape index (κ2) is 6.29. The van der Waals surface area contributed by atoms with Crippen LogP contribution in [0.4, 0.5) is 0 Å². The van der Waals surface area contributed by atoms with Crippen LogP contribution in [-0.4, -0.2) is 26.8 Å². The van der Waals surface area contributed by atoms with Gasteiger partial charge in [0.25, 0.3) is 0 Å². The lowest BCUT2D eigenvalue weighted by Crippen LogP contribution is -2.35. The normalized spacial score (nSPS) is 26.3. The van der Waals surface area contributed by atoms with E-state index in [-0.39, 0.29) is 12.1 Å². The molecule has 0 bridgehead atoms. The number of hydrogen-bond donors (Lipinski definition) is 0. The van der Waals surface area contributed by atoms with Gasteiger partial charge in [0.2, 0.25) is 0 Å².